The van der Waals surface area contributed by atoms with E-state index in [1.54, 1.807) is 0 Å². The molecule has 1 heterocycles. The number of nitrogens with zero attached hydrogens (tertiary/aromatic N) is 1. The molecule has 0 radical (unpaired) electrons. The van der Waals surface area contributed by atoms with Gasteiger partial charge in [-0.1, -0.05) is 30.3 Å². The number of alkyl carbamates (subject to hydrolysis) is 1. The highest BCUT2D eigenvalue weighted by molar-refractivity contribution is 5.81. The molecule has 1 aromatic carbocycles. The van der Waals surface area contributed by atoms with Gasteiger partial charge in [-0.3, -0.25) is 4.90 Å². The van der Waals surface area contributed by atoms with Gasteiger partial charge in [-0.25, -0.2) is 9.59 Å². The van der Waals surface area contributed by atoms with E-state index in [1.165, 1.54) is 7.11 Å². The molecule has 0 spiro atoms. The van der Waals surface area contributed by atoms with E-state index < -0.39 is 18.1 Å². The summed E-state index contributed by atoms with van der Waals surface area (Å²) in [5.41, 5.74) is 0.889. The minimum Gasteiger partial charge on any atom is -0.467 e. The number of ether oxygens (including phenoxy) is 3. The van der Waals surface area contributed by atoms with E-state index in [1.807, 2.05) is 30.3 Å². The van der Waals surface area contributed by atoms with Crippen LogP contribution in [0.4, 0.5) is 4.79 Å². The van der Waals surface area contributed by atoms with E-state index in [4.69, 9.17) is 14.2 Å². The fourth-order valence-electron chi connectivity index (χ4n) is 2.64. The average molecular weight is 350 g/mol. The number of amides is 1. The maximum atomic E-state index is 11.9. The Bertz CT molecular complexity index is 532. The van der Waals surface area contributed by atoms with Gasteiger partial charge in [0.1, 0.15) is 12.6 Å². The number of hydrogen-bond donors (Lipinski definition) is 1. The van der Waals surface area contributed by atoms with Gasteiger partial charge in [-0.2, -0.15) is 0 Å². The zero-order chi connectivity index (χ0) is 17.9. The summed E-state index contributed by atoms with van der Waals surface area (Å²) in [6, 6.07) is 8.68. The summed E-state index contributed by atoms with van der Waals surface area (Å²) < 4.78 is 15.2. The van der Waals surface area contributed by atoms with Crippen LogP contribution in [0, 0.1) is 0 Å². The molecule has 7 nitrogen and oxygen atoms in total. The Kier molecular flexibility index (Phi) is 8.21. The van der Waals surface area contributed by atoms with Gasteiger partial charge >= 0.3 is 12.1 Å². The van der Waals surface area contributed by atoms with Crippen molar-refractivity contribution in [3.05, 3.63) is 35.9 Å². The molecule has 1 aliphatic heterocycles. The van der Waals surface area contributed by atoms with E-state index in [9.17, 15) is 9.59 Å². The number of carbonyl (C=O) groups excluding carboxylic acids is 2. The van der Waals surface area contributed by atoms with E-state index in [2.05, 4.69) is 10.2 Å². The smallest absolute Gasteiger partial charge is 0.408 e. The summed E-state index contributed by atoms with van der Waals surface area (Å²) in [4.78, 5) is 26.1. The second kappa shape index (κ2) is 10.7. The van der Waals surface area contributed by atoms with Crippen molar-refractivity contribution in [3.8, 4) is 0 Å². The molecule has 1 amide bonds. The zero-order valence-electron chi connectivity index (χ0n) is 14.6. The van der Waals surface area contributed by atoms with Gasteiger partial charge in [0, 0.05) is 13.1 Å². The first-order valence-electron chi connectivity index (χ1n) is 8.54. The van der Waals surface area contributed by atoms with Crippen LogP contribution in [0.3, 0.4) is 0 Å². The SMILES string of the molecule is COC(=O)[C@H](CCCN1CCOCC1)NC(=O)OCc1ccccc1. The Labute approximate surface area is 148 Å². The third-order valence-electron chi connectivity index (χ3n) is 4.06. The van der Waals surface area contributed by atoms with Crippen molar-refractivity contribution in [1.29, 1.82) is 0 Å². The Morgan fingerprint density at radius 3 is 2.64 bits per heavy atom. The first-order chi connectivity index (χ1) is 12.2. The van der Waals surface area contributed by atoms with Crippen molar-refractivity contribution in [3.63, 3.8) is 0 Å². The van der Waals surface area contributed by atoms with Crippen LogP contribution < -0.4 is 5.32 Å². The molecule has 1 aromatic rings. The Morgan fingerprint density at radius 2 is 1.96 bits per heavy atom. The third kappa shape index (κ3) is 7.11. The molecule has 0 aromatic heterocycles. The van der Waals surface area contributed by atoms with Crippen molar-refractivity contribution in [1.82, 2.24) is 10.2 Å². The van der Waals surface area contributed by atoms with Crippen LogP contribution in [0.15, 0.2) is 30.3 Å². The van der Waals surface area contributed by atoms with Gasteiger partial charge in [-0.05, 0) is 24.9 Å². The van der Waals surface area contributed by atoms with Gasteiger partial charge in [0.05, 0.1) is 20.3 Å². The van der Waals surface area contributed by atoms with E-state index in [0.717, 1.165) is 44.8 Å². The highest BCUT2D eigenvalue weighted by atomic mass is 16.6. The lowest BCUT2D eigenvalue weighted by Crippen LogP contribution is -2.43. The predicted octanol–water partition coefficient (Wildman–Crippen LogP) is 1.57. The molecule has 1 N–H and O–H groups in total. The summed E-state index contributed by atoms with van der Waals surface area (Å²) >= 11 is 0. The molecule has 1 saturated heterocycles. The van der Waals surface area contributed by atoms with Crippen molar-refractivity contribution >= 4 is 12.1 Å². The van der Waals surface area contributed by atoms with Gasteiger partial charge in [0.15, 0.2) is 0 Å². The van der Waals surface area contributed by atoms with Gasteiger partial charge in [0.25, 0.3) is 0 Å². The van der Waals surface area contributed by atoms with E-state index in [-0.39, 0.29) is 6.61 Å². The lowest BCUT2D eigenvalue weighted by atomic mass is 10.1. The van der Waals surface area contributed by atoms with Crippen LogP contribution >= 0.6 is 0 Å². The average Bonchev–Trinajstić information content (AvgIpc) is 2.66. The summed E-state index contributed by atoms with van der Waals surface area (Å²) in [5, 5.41) is 2.60. The summed E-state index contributed by atoms with van der Waals surface area (Å²) in [6.45, 7) is 4.30. The highest BCUT2D eigenvalue weighted by Gasteiger charge is 2.22. The Balaban J connectivity index is 1.74. The first-order valence-corrected chi connectivity index (χ1v) is 8.54. The predicted molar refractivity (Wildman–Crippen MR) is 92.1 cm³/mol. The summed E-state index contributed by atoms with van der Waals surface area (Å²) in [5.74, 6) is -0.460. The van der Waals surface area contributed by atoms with Crippen molar-refractivity contribution in [2.45, 2.75) is 25.5 Å². The van der Waals surface area contributed by atoms with Crippen LogP contribution in [0.2, 0.25) is 0 Å². The molecular weight excluding hydrogens is 324 g/mol. The molecule has 0 unspecified atom stereocenters. The quantitative estimate of drug-likeness (QED) is 0.717. The normalized spacial score (nSPS) is 16.0. The lowest BCUT2D eigenvalue weighted by Gasteiger charge is -2.27. The fourth-order valence-corrected chi connectivity index (χ4v) is 2.64. The lowest BCUT2D eigenvalue weighted by molar-refractivity contribution is -0.143. The molecule has 138 valence electrons. The van der Waals surface area contributed by atoms with Gasteiger partial charge in [-0.15, -0.1) is 0 Å². The number of benzene rings is 1. The van der Waals surface area contributed by atoms with Gasteiger partial charge in [0.2, 0.25) is 0 Å². The maximum absolute atomic E-state index is 11.9. The molecule has 1 fully saturated rings. The maximum Gasteiger partial charge on any atom is 0.408 e. The molecular formula is C18H26N2O5. The number of methoxy groups -OCH3 is 1. The monoisotopic (exact) mass is 350 g/mol. The van der Waals surface area contributed by atoms with Gasteiger partial charge < -0.3 is 19.5 Å². The van der Waals surface area contributed by atoms with Crippen molar-refractivity contribution < 1.29 is 23.8 Å². The number of morpholine rings is 1. The highest BCUT2D eigenvalue weighted by Crippen LogP contribution is 2.06. The zero-order valence-corrected chi connectivity index (χ0v) is 14.6. The number of rotatable bonds is 8. The topological polar surface area (TPSA) is 77.1 Å². The molecule has 1 atom stereocenters. The number of nitrogens with one attached hydrogen (secondary N) is 1. The first kappa shape index (κ1) is 19.2. The number of esters is 1. The van der Waals surface area contributed by atoms with Crippen molar-refractivity contribution in [2.75, 3.05) is 40.0 Å². The second-order valence-corrected chi connectivity index (χ2v) is 5.88. The van der Waals surface area contributed by atoms with E-state index >= 15 is 0 Å². The minimum absolute atomic E-state index is 0.161. The molecule has 1 aliphatic rings. The molecule has 0 saturated carbocycles. The summed E-state index contributed by atoms with van der Waals surface area (Å²) in [7, 11) is 1.31. The van der Waals surface area contributed by atoms with Crippen LogP contribution in [0.25, 0.3) is 0 Å². The molecule has 2 rings (SSSR count). The van der Waals surface area contributed by atoms with Crippen LogP contribution in [-0.4, -0.2) is 63.0 Å². The third-order valence-corrected chi connectivity index (χ3v) is 4.06. The Morgan fingerprint density at radius 1 is 1.24 bits per heavy atom. The van der Waals surface area contributed by atoms with Crippen LogP contribution in [-0.2, 0) is 25.6 Å². The second-order valence-electron chi connectivity index (χ2n) is 5.88. The van der Waals surface area contributed by atoms with E-state index in [0.29, 0.717) is 6.42 Å². The van der Waals surface area contributed by atoms with Crippen molar-refractivity contribution in [2.24, 2.45) is 0 Å². The van der Waals surface area contributed by atoms with Crippen LogP contribution in [0.1, 0.15) is 18.4 Å². The van der Waals surface area contributed by atoms with Crippen LogP contribution in [0.5, 0.6) is 0 Å². The number of carbonyl (C=O) groups is 2. The fraction of sp³-hybridized carbons (Fsp3) is 0.556. The minimum atomic E-state index is -0.700. The largest absolute Gasteiger partial charge is 0.467 e. The number of hydrogen-bond acceptors (Lipinski definition) is 6. The molecule has 7 heteroatoms. The molecule has 0 aliphatic carbocycles. The molecule has 25 heavy (non-hydrogen) atoms. The Hall–Kier alpha value is -2.12. The molecule has 0 bridgehead atoms. The summed E-state index contributed by atoms with van der Waals surface area (Å²) in [6.07, 6.45) is 0.661. The standard InChI is InChI=1S/C18H26N2O5/c1-23-17(21)16(8-5-9-20-10-12-24-13-11-20)19-18(22)25-14-15-6-3-2-4-7-15/h2-4,6-7,16H,5,8-14H2,1H3,(H,19,22)/t16-/m0/s1.